The van der Waals surface area contributed by atoms with Crippen LogP contribution in [0.15, 0.2) is 18.2 Å². The van der Waals surface area contributed by atoms with Gasteiger partial charge in [0.15, 0.2) is 0 Å². The van der Waals surface area contributed by atoms with Crippen molar-refractivity contribution in [1.82, 2.24) is 5.32 Å². The topological polar surface area (TPSA) is 88.2 Å². The molecule has 0 atom stereocenters. The number of ether oxygens (including phenoxy) is 1. The first-order valence-corrected chi connectivity index (χ1v) is 4.49. The number of carbonyl (C=O) groups is 1. The quantitative estimate of drug-likeness (QED) is 0.529. The zero-order valence-corrected chi connectivity index (χ0v) is 8.71. The fourth-order valence-electron chi connectivity index (χ4n) is 1.10. The molecule has 1 rings (SSSR count). The van der Waals surface area contributed by atoms with Crippen LogP contribution in [-0.2, 0) is 11.3 Å². The van der Waals surface area contributed by atoms with E-state index in [4.69, 9.17) is 11.1 Å². The Kier molecular flexibility index (Phi) is 3.82. The second-order valence-corrected chi connectivity index (χ2v) is 3.06. The number of amides is 1. The number of benzene rings is 1. The molecule has 0 aliphatic heterocycles. The van der Waals surface area contributed by atoms with Crippen LogP contribution in [0.2, 0.25) is 0 Å². The van der Waals surface area contributed by atoms with Crippen LogP contribution >= 0.6 is 0 Å². The lowest BCUT2D eigenvalue weighted by Crippen LogP contribution is -2.23. The van der Waals surface area contributed by atoms with Gasteiger partial charge in [-0.2, -0.15) is 0 Å². The Bertz CT molecular complexity index is 421. The molecule has 0 heterocycles. The summed E-state index contributed by atoms with van der Waals surface area (Å²) in [5, 5.41) is 9.48. The molecule has 6 heteroatoms. The van der Waals surface area contributed by atoms with Crippen molar-refractivity contribution in [3.05, 3.63) is 35.1 Å². The molecular formula is C10H12FN3O2. The summed E-state index contributed by atoms with van der Waals surface area (Å²) < 4.78 is 17.8. The lowest BCUT2D eigenvalue weighted by molar-refractivity contribution is 0.170. The van der Waals surface area contributed by atoms with Crippen LogP contribution < -0.4 is 11.1 Å². The van der Waals surface area contributed by atoms with Gasteiger partial charge in [0.25, 0.3) is 0 Å². The lowest BCUT2D eigenvalue weighted by atomic mass is 10.1. The summed E-state index contributed by atoms with van der Waals surface area (Å²) in [6.45, 7) is 0.0245. The normalized spacial score (nSPS) is 9.62. The number of nitrogens with one attached hydrogen (secondary N) is 2. The molecule has 16 heavy (non-hydrogen) atoms. The first-order chi connectivity index (χ1) is 7.54. The SMILES string of the molecule is COC(=O)NCc1ccc(C(=N)N)cc1F. The molecule has 0 aromatic heterocycles. The van der Waals surface area contributed by atoms with Gasteiger partial charge in [-0.25, -0.2) is 9.18 Å². The molecule has 0 bridgehead atoms. The van der Waals surface area contributed by atoms with E-state index in [1.54, 1.807) is 0 Å². The highest BCUT2D eigenvalue weighted by Crippen LogP contribution is 2.09. The summed E-state index contributed by atoms with van der Waals surface area (Å²) in [5.74, 6) is -0.726. The molecule has 4 N–H and O–H groups in total. The van der Waals surface area contributed by atoms with Gasteiger partial charge < -0.3 is 15.8 Å². The number of rotatable bonds is 3. The van der Waals surface area contributed by atoms with Crippen LogP contribution in [0.4, 0.5) is 9.18 Å². The monoisotopic (exact) mass is 225 g/mol. The van der Waals surface area contributed by atoms with Crippen LogP contribution in [0.3, 0.4) is 0 Å². The summed E-state index contributed by atoms with van der Waals surface area (Å²) >= 11 is 0. The van der Waals surface area contributed by atoms with E-state index in [-0.39, 0.29) is 12.4 Å². The molecule has 0 saturated carbocycles. The number of halogens is 1. The van der Waals surface area contributed by atoms with Crippen molar-refractivity contribution in [3.63, 3.8) is 0 Å². The number of carbonyl (C=O) groups excluding carboxylic acids is 1. The highest BCUT2D eigenvalue weighted by atomic mass is 19.1. The minimum Gasteiger partial charge on any atom is -0.453 e. The van der Waals surface area contributed by atoms with Crippen LogP contribution in [-0.4, -0.2) is 19.0 Å². The average Bonchev–Trinajstić information content (AvgIpc) is 2.26. The third kappa shape index (κ3) is 2.94. The summed E-state index contributed by atoms with van der Waals surface area (Å²) in [6.07, 6.45) is -0.630. The van der Waals surface area contributed by atoms with Crippen molar-refractivity contribution in [2.24, 2.45) is 5.73 Å². The molecule has 1 amide bonds. The number of nitrogen functional groups attached to an aromatic ring is 1. The van der Waals surface area contributed by atoms with Gasteiger partial charge in [0, 0.05) is 17.7 Å². The van der Waals surface area contributed by atoms with E-state index in [1.165, 1.54) is 19.2 Å². The number of hydrogen-bond acceptors (Lipinski definition) is 3. The first kappa shape index (κ1) is 12.0. The molecule has 0 fully saturated rings. The fourth-order valence-corrected chi connectivity index (χ4v) is 1.10. The van der Waals surface area contributed by atoms with Crippen LogP contribution in [0.25, 0.3) is 0 Å². The summed E-state index contributed by atoms with van der Waals surface area (Å²) in [6, 6.07) is 4.12. The Morgan fingerprint density at radius 1 is 1.62 bits per heavy atom. The molecule has 0 aliphatic carbocycles. The summed E-state index contributed by atoms with van der Waals surface area (Å²) in [4.78, 5) is 10.8. The zero-order valence-electron chi connectivity index (χ0n) is 8.71. The Labute approximate surface area is 91.9 Å². The minimum absolute atomic E-state index is 0.0245. The number of nitrogens with two attached hydrogens (primary N) is 1. The number of methoxy groups -OCH3 is 1. The highest BCUT2D eigenvalue weighted by molar-refractivity contribution is 5.94. The van der Waals surface area contributed by atoms with Gasteiger partial charge in [0.2, 0.25) is 0 Å². The van der Waals surface area contributed by atoms with Gasteiger partial charge in [-0.05, 0) is 6.07 Å². The van der Waals surface area contributed by atoms with Crippen molar-refractivity contribution in [2.75, 3.05) is 7.11 Å². The van der Waals surface area contributed by atoms with Crippen LogP contribution in [0, 0.1) is 11.2 Å². The molecule has 86 valence electrons. The maximum Gasteiger partial charge on any atom is 0.407 e. The average molecular weight is 225 g/mol. The number of alkyl carbamates (subject to hydrolysis) is 1. The van der Waals surface area contributed by atoms with E-state index >= 15 is 0 Å². The molecule has 0 unspecified atom stereocenters. The van der Waals surface area contributed by atoms with Gasteiger partial charge in [0.1, 0.15) is 11.7 Å². The molecule has 0 saturated heterocycles. The molecule has 1 aromatic rings. The van der Waals surface area contributed by atoms with Crippen LogP contribution in [0.1, 0.15) is 11.1 Å². The standard InChI is InChI=1S/C10H12FN3O2/c1-16-10(15)14-5-7-3-2-6(9(12)13)4-8(7)11/h2-4H,5H2,1H3,(H3,12,13)(H,14,15). The van der Waals surface area contributed by atoms with E-state index in [2.05, 4.69) is 10.1 Å². The van der Waals surface area contributed by atoms with Gasteiger partial charge in [-0.3, -0.25) is 5.41 Å². The smallest absolute Gasteiger partial charge is 0.407 e. The summed E-state index contributed by atoms with van der Waals surface area (Å²) in [7, 11) is 1.23. The molecule has 5 nitrogen and oxygen atoms in total. The van der Waals surface area contributed by atoms with Crippen LogP contribution in [0.5, 0.6) is 0 Å². The molecular weight excluding hydrogens is 213 g/mol. The second kappa shape index (κ2) is 5.11. The van der Waals surface area contributed by atoms with E-state index in [9.17, 15) is 9.18 Å². The van der Waals surface area contributed by atoms with Gasteiger partial charge in [0.05, 0.1) is 7.11 Å². The van der Waals surface area contributed by atoms with E-state index < -0.39 is 11.9 Å². The third-order valence-corrected chi connectivity index (χ3v) is 1.97. The predicted molar refractivity (Wildman–Crippen MR) is 56.7 cm³/mol. The molecule has 0 spiro atoms. The van der Waals surface area contributed by atoms with E-state index in [0.717, 1.165) is 6.07 Å². The maximum absolute atomic E-state index is 13.4. The Morgan fingerprint density at radius 2 is 2.31 bits per heavy atom. The van der Waals surface area contributed by atoms with Gasteiger partial charge >= 0.3 is 6.09 Å². The van der Waals surface area contributed by atoms with Crippen molar-refractivity contribution in [2.45, 2.75) is 6.54 Å². The highest BCUT2D eigenvalue weighted by Gasteiger charge is 2.06. The molecule has 0 aliphatic rings. The van der Waals surface area contributed by atoms with Crippen molar-refractivity contribution < 1.29 is 13.9 Å². The summed E-state index contributed by atoms with van der Waals surface area (Å²) in [5.41, 5.74) is 5.81. The zero-order chi connectivity index (χ0) is 12.1. The van der Waals surface area contributed by atoms with E-state index in [0.29, 0.717) is 11.1 Å². The van der Waals surface area contributed by atoms with E-state index in [1.807, 2.05) is 0 Å². The second-order valence-electron chi connectivity index (χ2n) is 3.06. The van der Waals surface area contributed by atoms with Gasteiger partial charge in [-0.1, -0.05) is 12.1 Å². The third-order valence-electron chi connectivity index (χ3n) is 1.97. The Balaban J connectivity index is 2.75. The maximum atomic E-state index is 13.4. The number of hydrogen-bond donors (Lipinski definition) is 3. The Hall–Kier alpha value is -2.11. The fraction of sp³-hybridized carbons (Fsp3) is 0.200. The first-order valence-electron chi connectivity index (χ1n) is 4.49. The predicted octanol–water partition coefficient (Wildman–Crippen LogP) is 0.966. The molecule has 1 aromatic carbocycles. The largest absolute Gasteiger partial charge is 0.453 e. The molecule has 0 radical (unpaired) electrons. The Morgan fingerprint density at radius 3 is 2.81 bits per heavy atom. The van der Waals surface area contributed by atoms with Crippen molar-refractivity contribution in [3.8, 4) is 0 Å². The van der Waals surface area contributed by atoms with Gasteiger partial charge in [-0.15, -0.1) is 0 Å². The number of amidine groups is 1. The lowest BCUT2D eigenvalue weighted by Gasteiger charge is -2.06. The van der Waals surface area contributed by atoms with Crippen molar-refractivity contribution >= 4 is 11.9 Å². The van der Waals surface area contributed by atoms with Crippen molar-refractivity contribution in [1.29, 1.82) is 5.41 Å². The minimum atomic E-state index is -0.630.